The standard InChI is InChI=1S/C15H19ClN4O/c1-19(11-15(21)20-6-4-18-5-7-20)10-13-3-2-12(9-17)8-14(13)16/h2-3,8,18H,4-7,10-11H2,1H3. The minimum atomic E-state index is 0.142. The highest BCUT2D eigenvalue weighted by atomic mass is 35.5. The zero-order valence-electron chi connectivity index (χ0n) is 12.1. The number of hydrogen-bond donors (Lipinski definition) is 1. The topological polar surface area (TPSA) is 59.4 Å². The fourth-order valence-electron chi connectivity index (χ4n) is 2.34. The van der Waals surface area contributed by atoms with Crippen molar-refractivity contribution in [3.8, 4) is 6.07 Å². The summed E-state index contributed by atoms with van der Waals surface area (Å²) < 4.78 is 0. The maximum absolute atomic E-state index is 12.2. The van der Waals surface area contributed by atoms with Gasteiger partial charge in [-0.15, -0.1) is 0 Å². The summed E-state index contributed by atoms with van der Waals surface area (Å²) in [6, 6.07) is 7.30. The number of nitrogens with one attached hydrogen (secondary N) is 1. The monoisotopic (exact) mass is 306 g/mol. The number of amides is 1. The molecule has 1 aromatic carbocycles. The summed E-state index contributed by atoms with van der Waals surface area (Å²) in [7, 11) is 1.90. The molecule has 2 rings (SSSR count). The molecule has 0 bridgehead atoms. The van der Waals surface area contributed by atoms with Crippen molar-refractivity contribution in [3.05, 3.63) is 34.3 Å². The van der Waals surface area contributed by atoms with Crippen molar-refractivity contribution in [1.29, 1.82) is 5.26 Å². The van der Waals surface area contributed by atoms with Crippen LogP contribution in [0.5, 0.6) is 0 Å². The largest absolute Gasteiger partial charge is 0.339 e. The van der Waals surface area contributed by atoms with Crippen molar-refractivity contribution in [2.75, 3.05) is 39.8 Å². The molecule has 0 spiro atoms. The van der Waals surface area contributed by atoms with E-state index in [1.807, 2.05) is 22.9 Å². The third-order valence-corrected chi connectivity index (χ3v) is 3.85. The Bertz CT molecular complexity index is 549. The van der Waals surface area contributed by atoms with E-state index >= 15 is 0 Å². The summed E-state index contributed by atoms with van der Waals surface area (Å²) in [4.78, 5) is 16.0. The van der Waals surface area contributed by atoms with Gasteiger partial charge >= 0.3 is 0 Å². The molecule has 0 aliphatic carbocycles. The van der Waals surface area contributed by atoms with Crippen LogP contribution in [0.4, 0.5) is 0 Å². The second-order valence-corrected chi connectivity index (χ2v) is 5.63. The van der Waals surface area contributed by atoms with E-state index in [1.54, 1.807) is 12.1 Å². The van der Waals surface area contributed by atoms with Crippen molar-refractivity contribution in [1.82, 2.24) is 15.1 Å². The smallest absolute Gasteiger partial charge is 0.236 e. The highest BCUT2D eigenvalue weighted by molar-refractivity contribution is 6.31. The fourth-order valence-corrected chi connectivity index (χ4v) is 2.58. The minimum absolute atomic E-state index is 0.142. The molecule has 1 heterocycles. The number of hydrogen-bond acceptors (Lipinski definition) is 4. The summed E-state index contributed by atoms with van der Waals surface area (Å²) in [5.74, 6) is 0.142. The van der Waals surface area contributed by atoms with E-state index in [1.165, 1.54) is 0 Å². The Balaban J connectivity index is 1.90. The summed E-state index contributed by atoms with van der Waals surface area (Å²) >= 11 is 6.16. The molecule has 1 aliphatic heterocycles. The lowest BCUT2D eigenvalue weighted by atomic mass is 10.1. The predicted octanol–water partition coefficient (Wildman–Crippen LogP) is 1.08. The van der Waals surface area contributed by atoms with Crippen LogP contribution < -0.4 is 5.32 Å². The summed E-state index contributed by atoms with van der Waals surface area (Å²) in [5.41, 5.74) is 1.47. The Morgan fingerprint density at radius 3 is 2.81 bits per heavy atom. The maximum Gasteiger partial charge on any atom is 0.236 e. The van der Waals surface area contributed by atoms with Crippen LogP contribution in [-0.2, 0) is 11.3 Å². The first kappa shape index (κ1) is 15.8. The number of carbonyl (C=O) groups excluding carboxylic acids is 1. The molecule has 0 saturated carbocycles. The lowest BCUT2D eigenvalue weighted by Crippen LogP contribution is -2.49. The molecule has 0 radical (unpaired) electrons. The van der Waals surface area contributed by atoms with Crippen LogP contribution in [0.2, 0.25) is 5.02 Å². The highest BCUT2D eigenvalue weighted by Crippen LogP contribution is 2.19. The third kappa shape index (κ3) is 4.43. The fraction of sp³-hybridized carbons (Fsp3) is 0.467. The number of nitriles is 1. The Kier molecular flexibility index (Phi) is 5.57. The van der Waals surface area contributed by atoms with Gasteiger partial charge in [0, 0.05) is 37.7 Å². The molecule has 0 aromatic heterocycles. The molecule has 21 heavy (non-hydrogen) atoms. The van der Waals surface area contributed by atoms with Gasteiger partial charge in [0.25, 0.3) is 0 Å². The second-order valence-electron chi connectivity index (χ2n) is 5.22. The SMILES string of the molecule is CN(CC(=O)N1CCNCC1)Cc1ccc(C#N)cc1Cl. The van der Waals surface area contributed by atoms with E-state index < -0.39 is 0 Å². The van der Waals surface area contributed by atoms with Gasteiger partial charge in [-0.1, -0.05) is 17.7 Å². The number of carbonyl (C=O) groups is 1. The summed E-state index contributed by atoms with van der Waals surface area (Å²) in [6.07, 6.45) is 0. The molecule has 1 aromatic rings. The van der Waals surface area contributed by atoms with Crippen LogP contribution in [0.25, 0.3) is 0 Å². The van der Waals surface area contributed by atoms with Gasteiger partial charge in [0.2, 0.25) is 5.91 Å². The van der Waals surface area contributed by atoms with Crippen molar-refractivity contribution < 1.29 is 4.79 Å². The first-order valence-electron chi connectivity index (χ1n) is 6.95. The molecule has 6 heteroatoms. The van der Waals surface area contributed by atoms with Crippen molar-refractivity contribution >= 4 is 17.5 Å². The van der Waals surface area contributed by atoms with E-state index in [4.69, 9.17) is 16.9 Å². The number of benzene rings is 1. The van der Waals surface area contributed by atoms with Crippen LogP contribution in [0, 0.1) is 11.3 Å². The highest BCUT2D eigenvalue weighted by Gasteiger charge is 2.18. The quantitative estimate of drug-likeness (QED) is 0.904. The minimum Gasteiger partial charge on any atom is -0.339 e. The lowest BCUT2D eigenvalue weighted by Gasteiger charge is -2.29. The Labute approximate surface area is 130 Å². The molecule has 1 fully saturated rings. The van der Waals surface area contributed by atoms with Gasteiger partial charge < -0.3 is 10.2 Å². The Morgan fingerprint density at radius 2 is 2.19 bits per heavy atom. The zero-order chi connectivity index (χ0) is 15.2. The van der Waals surface area contributed by atoms with Crippen molar-refractivity contribution in [3.63, 3.8) is 0 Å². The van der Waals surface area contributed by atoms with Gasteiger partial charge in [0.1, 0.15) is 0 Å². The Hall–Kier alpha value is -1.61. The molecule has 5 nitrogen and oxygen atoms in total. The van der Waals surface area contributed by atoms with Gasteiger partial charge in [-0.2, -0.15) is 5.26 Å². The van der Waals surface area contributed by atoms with Gasteiger partial charge in [-0.05, 0) is 24.7 Å². The van der Waals surface area contributed by atoms with Crippen LogP contribution in [-0.4, -0.2) is 55.5 Å². The van der Waals surface area contributed by atoms with Crippen LogP contribution in [0.3, 0.4) is 0 Å². The average Bonchev–Trinajstić information content (AvgIpc) is 2.50. The second kappa shape index (κ2) is 7.41. The molecule has 1 amide bonds. The number of nitrogens with zero attached hydrogens (tertiary/aromatic N) is 3. The number of likely N-dealkylation sites (N-methyl/N-ethyl adjacent to an activating group) is 1. The predicted molar refractivity (Wildman–Crippen MR) is 82.0 cm³/mol. The maximum atomic E-state index is 12.2. The zero-order valence-corrected chi connectivity index (χ0v) is 12.9. The van der Waals surface area contributed by atoms with Crippen molar-refractivity contribution in [2.24, 2.45) is 0 Å². The number of piperazine rings is 1. The molecular formula is C15H19ClN4O. The normalized spacial score (nSPS) is 15.0. The van der Waals surface area contributed by atoms with Crippen LogP contribution in [0.1, 0.15) is 11.1 Å². The summed E-state index contributed by atoms with van der Waals surface area (Å²) in [5, 5.41) is 12.6. The van der Waals surface area contributed by atoms with Crippen LogP contribution >= 0.6 is 11.6 Å². The van der Waals surface area contributed by atoms with E-state index in [0.29, 0.717) is 23.7 Å². The van der Waals surface area contributed by atoms with E-state index in [9.17, 15) is 4.79 Å². The number of rotatable bonds is 4. The lowest BCUT2D eigenvalue weighted by molar-refractivity contribution is -0.132. The molecule has 1 aliphatic rings. The molecule has 1 saturated heterocycles. The third-order valence-electron chi connectivity index (χ3n) is 3.50. The van der Waals surface area contributed by atoms with Gasteiger partial charge in [-0.25, -0.2) is 0 Å². The average molecular weight is 307 g/mol. The van der Waals surface area contributed by atoms with E-state index in [-0.39, 0.29) is 5.91 Å². The summed E-state index contributed by atoms with van der Waals surface area (Å²) in [6.45, 7) is 4.21. The molecule has 0 atom stereocenters. The first-order valence-corrected chi connectivity index (χ1v) is 7.33. The van der Waals surface area contributed by atoms with Gasteiger partial charge in [0.05, 0.1) is 18.2 Å². The molecule has 0 unspecified atom stereocenters. The van der Waals surface area contributed by atoms with Gasteiger partial charge in [0.15, 0.2) is 0 Å². The number of halogens is 1. The van der Waals surface area contributed by atoms with Gasteiger partial charge in [-0.3, -0.25) is 9.69 Å². The first-order chi connectivity index (χ1) is 10.1. The molecule has 1 N–H and O–H groups in total. The van der Waals surface area contributed by atoms with Crippen molar-refractivity contribution in [2.45, 2.75) is 6.54 Å². The Morgan fingerprint density at radius 1 is 1.48 bits per heavy atom. The molecular weight excluding hydrogens is 288 g/mol. The molecule has 112 valence electrons. The van der Waals surface area contributed by atoms with E-state index in [2.05, 4.69) is 11.4 Å². The van der Waals surface area contributed by atoms with Crippen LogP contribution in [0.15, 0.2) is 18.2 Å². The van der Waals surface area contributed by atoms with E-state index in [0.717, 1.165) is 31.7 Å².